The van der Waals surface area contributed by atoms with Crippen molar-refractivity contribution in [3.05, 3.63) is 0 Å². The van der Waals surface area contributed by atoms with Crippen LogP contribution in [0.2, 0.25) is 0 Å². The quantitative estimate of drug-likeness (QED) is 0.352. The number of rotatable bonds is 5. The molecule has 0 fully saturated rings. The Morgan fingerprint density at radius 3 is 2.23 bits per heavy atom. The molecule has 74 valence electrons. The molecule has 0 radical (unpaired) electrons. The van der Waals surface area contributed by atoms with Gasteiger partial charge in [0, 0.05) is 0 Å². The molecule has 0 bridgehead atoms. The number of carbonyl (C=O) groups excluding carboxylic acids is 1. The zero-order valence-corrected chi connectivity index (χ0v) is 6.74. The number of hydrogen-bond acceptors (Lipinski definition) is 6. The summed E-state index contributed by atoms with van der Waals surface area (Å²) in [5, 5.41) is 43.8. The number of carbonyl (C=O) groups is 1. The minimum atomic E-state index is -1.73. The summed E-state index contributed by atoms with van der Waals surface area (Å²) in [4.78, 5) is 10.0. The van der Waals surface area contributed by atoms with E-state index in [4.69, 9.17) is 25.7 Å². The molecule has 0 heterocycles. The maximum atomic E-state index is 10.0. The molecule has 0 rings (SSSR count). The van der Waals surface area contributed by atoms with E-state index in [1.165, 1.54) is 6.07 Å². The molecule has 13 heavy (non-hydrogen) atoms. The summed E-state index contributed by atoms with van der Waals surface area (Å²) < 4.78 is 0. The van der Waals surface area contributed by atoms with Crippen LogP contribution in [-0.4, -0.2) is 51.6 Å². The molecule has 0 spiro atoms. The molecule has 6 nitrogen and oxygen atoms in total. The number of hydrogen-bond donors (Lipinski definition) is 4. The van der Waals surface area contributed by atoms with E-state index in [2.05, 4.69) is 0 Å². The third kappa shape index (κ3) is 3.08. The van der Waals surface area contributed by atoms with Gasteiger partial charge in [-0.05, 0) is 0 Å². The Hall–Kier alpha value is -1.00. The molecule has 0 aromatic carbocycles. The monoisotopic (exact) mass is 189 g/mol. The molecule has 0 aliphatic rings. The SMILES string of the molecule is N#C[C@@H]([C@H](O)[C@@H](O)C=O)[C@H](O)CO. The molecule has 0 saturated heterocycles. The van der Waals surface area contributed by atoms with Gasteiger partial charge in [0.15, 0.2) is 6.29 Å². The Morgan fingerprint density at radius 2 is 1.92 bits per heavy atom. The average Bonchev–Trinajstić information content (AvgIpc) is 2.17. The molecule has 0 aliphatic heterocycles. The van der Waals surface area contributed by atoms with Crippen LogP contribution < -0.4 is 0 Å². The summed E-state index contributed by atoms with van der Waals surface area (Å²) in [5.41, 5.74) is 0. The van der Waals surface area contributed by atoms with Crippen molar-refractivity contribution in [2.75, 3.05) is 6.61 Å². The largest absolute Gasteiger partial charge is 0.394 e. The van der Waals surface area contributed by atoms with Crippen molar-refractivity contribution in [2.24, 2.45) is 5.92 Å². The molecule has 0 amide bonds. The van der Waals surface area contributed by atoms with Crippen LogP contribution in [-0.2, 0) is 4.79 Å². The van der Waals surface area contributed by atoms with Gasteiger partial charge in [-0.15, -0.1) is 0 Å². The van der Waals surface area contributed by atoms with Gasteiger partial charge in [-0.25, -0.2) is 0 Å². The van der Waals surface area contributed by atoms with Gasteiger partial charge in [0.25, 0.3) is 0 Å². The highest BCUT2D eigenvalue weighted by molar-refractivity contribution is 5.56. The first-order valence-corrected chi connectivity index (χ1v) is 3.58. The van der Waals surface area contributed by atoms with Gasteiger partial charge in [0.05, 0.1) is 18.8 Å². The fraction of sp³-hybridized carbons (Fsp3) is 0.714. The van der Waals surface area contributed by atoms with Crippen LogP contribution in [0.5, 0.6) is 0 Å². The summed E-state index contributed by atoms with van der Waals surface area (Å²) in [6, 6.07) is 1.49. The Morgan fingerprint density at radius 1 is 1.38 bits per heavy atom. The van der Waals surface area contributed by atoms with E-state index in [0.29, 0.717) is 0 Å². The summed E-state index contributed by atoms with van der Waals surface area (Å²) in [5.74, 6) is -1.38. The summed E-state index contributed by atoms with van der Waals surface area (Å²) >= 11 is 0. The van der Waals surface area contributed by atoms with Crippen LogP contribution in [0.15, 0.2) is 0 Å². The van der Waals surface area contributed by atoms with Crippen molar-refractivity contribution < 1.29 is 25.2 Å². The second kappa shape index (κ2) is 5.61. The van der Waals surface area contributed by atoms with Crippen molar-refractivity contribution in [1.29, 1.82) is 5.26 Å². The molecule has 4 N–H and O–H groups in total. The van der Waals surface area contributed by atoms with Crippen molar-refractivity contribution in [2.45, 2.75) is 18.3 Å². The summed E-state index contributed by atoms with van der Waals surface area (Å²) in [6.07, 6.45) is -4.84. The average molecular weight is 189 g/mol. The first kappa shape index (κ1) is 12.0. The zero-order chi connectivity index (χ0) is 10.4. The fourth-order valence-electron chi connectivity index (χ4n) is 0.796. The second-order valence-electron chi connectivity index (χ2n) is 2.52. The highest BCUT2D eigenvalue weighted by Crippen LogP contribution is 2.11. The molecule has 0 unspecified atom stereocenters. The first-order chi connectivity index (χ1) is 6.08. The smallest absolute Gasteiger partial charge is 0.151 e. The normalized spacial score (nSPS) is 19.6. The van der Waals surface area contributed by atoms with Crippen molar-refractivity contribution in [1.82, 2.24) is 0 Å². The van der Waals surface area contributed by atoms with Gasteiger partial charge < -0.3 is 25.2 Å². The molecule has 0 aromatic heterocycles. The predicted molar refractivity (Wildman–Crippen MR) is 40.3 cm³/mol. The van der Waals surface area contributed by atoms with Gasteiger partial charge in [-0.3, -0.25) is 0 Å². The third-order valence-electron chi connectivity index (χ3n) is 1.61. The fourth-order valence-corrected chi connectivity index (χ4v) is 0.796. The maximum Gasteiger partial charge on any atom is 0.151 e. The van der Waals surface area contributed by atoms with Gasteiger partial charge in [-0.1, -0.05) is 0 Å². The Labute approximate surface area is 74.7 Å². The third-order valence-corrected chi connectivity index (χ3v) is 1.61. The lowest BCUT2D eigenvalue weighted by Crippen LogP contribution is -2.41. The standard InChI is InChI=1S/C7H11NO5/c8-1-4(5(11)2-9)7(13)6(12)3-10/h3-7,9,11-13H,2H2/t4-,5-,6+,7+/m1/s1. The molecule has 6 heteroatoms. The van der Waals surface area contributed by atoms with Crippen LogP contribution in [0, 0.1) is 17.2 Å². The van der Waals surface area contributed by atoms with Crippen LogP contribution in [0.1, 0.15) is 0 Å². The van der Waals surface area contributed by atoms with Gasteiger partial charge >= 0.3 is 0 Å². The van der Waals surface area contributed by atoms with E-state index in [0.717, 1.165) is 0 Å². The highest BCUT2D eigenvalue weighted by atomic mass is 16.3. The minimum absolute atomic E-state index is 0.0547. The van der Waals surface area contributed by atoms with Crippen molar-refractivity contribution in [3.63, 3.8) is 0 Å². The Kier molecular flexibility index (Phi) is 5.18. The molecule has 0 aromatic rings. The van der Waals surface area contributed by atoms with E-state index >= 15 is 0 Å². The van der Waals surface area contributed by atoms with Gasteiger partial charge in [0.2, 0.25) is 0 Å². The number of aldehydes is 1. The van der Waals surface area contributed by atoms with Crippen molar-refractivity contribution in [3.8, 4) is 6.07 Å². The van der Waals surface area contributed by atoms with E-state index in [1.807, 2.05) is 0 Å². The van der Waals surface area contributed by atoms with Crippen molar-refractivity contribution >= 4 is 6.29 Å². The maximum absolute atomic E-state index is 10.0. The van der Waals surface area contributed by atoms with E-state index in [-0.39, 0.29) is 6.29 Å². The van der Waals surface area contributed by atoms with E-state index in [9.17, 15) is 4.79 Å². The minimum Gasteiger partial charge on any atom is -0.394 e. The number of aliphatic hydroxyl groups excluding tert-OH is 4. The van der Waals surface area contributed by atoms with Gasteiger partial charge in [0.1, 0.15) is 18.1 Å². The topological polar surface area (TPSA) is 122 Å². The lowest BCUT2D eigenvalue weighted by atomic mass is 9.94. The molecule has 0 saturated carbocycles. The number of nitriles is 1. The zero-order valence-electron chi connectivity index (χ0n) is 6.74. The Bertz CT molecular complexity index is 202. The lowest BCUT2D eigenvalue weighted by Gasteiger charge is -2.21. The van der Waals surface area contributed by atoms with Crippen LogP contribution >= 0.6 is 0 Å². The molecule has 4 atom stereocenters. The number of aliphatic hydroxyl groups is 4. The number of nitrogens with zero attached hydrogens (tertiary/aromatic N) is 1. The van der Waals surface area contributed by atoms with Crippen LogP contribution in [0.4, 0.5) is 0 Å². The summed E-state index contributed by atoms with van der Waals surface area (Å²) in [6.45, 7) is -0.721. The Balaban J connectivity index is 4.41. The predicted octanol–water partition coefficient (Wildman–Crippen LogP) is -2.60. The first-order valence-electron chi connectivity index (χ1n) is 3.58. The van der Waals surface area contributed by atoms with Gasteiger partial charge in [-0.2, -0.15) is 5.26 Å². The van der Waals surface area contributed by atoms with Crippen LogP contribution in [0.25, 0.3) is 0 Å². The summed E-state index contributed by atoms with van der Waals surface area (Å²) in [7, 11) is 0. The molecular formula is C7H11NO5. The van der Waals surface area contributed by atoms with E-state index in [1.54, 1.807) is 0 Å². The highest BCUT2D eigenvalue weighted by Gasteiger charge is 2.31. The second-order valence-corrected chi connectivity index (χ2v) is 2.52. The lowest BCUT2D eigenvalue weighted by molar-refractivity contribution is -0.124. The van der Waals surface area contributed by atoms with E-state index < -0.39 is 30.8 Å². The molecule has 0 aliphatic carbocycles. The molecular weight excluding hydrogens is 178 g/mol. The van der Waals surface area contributed by atoms with Crippen LogP contribution in [0.3, 0.4) is 0 Å².